The Morgan fingerprint density at radius 2 is 1.73 bits per heavy atom. The number of aromatic nitrogens is 1. The third-order valence-corrected chi connectivity index (χ3v) is 5.78. The summed E-state index contributed by atoms with van der Waals surface area (Å²) >= 11 is 6.13. The lowest BCUT2D eigenvalue weighted by atomic mass is 10.1. The number of carbonyl (C=O) groups excluding carboxylic acids is 1. The maximum atomic E-state index is 12.7. The van der Waals surface area contributed by atoms with E-state index in [9.17, 15) is 13.2 Å². The van der Waals surface area contributed by atoms with E-state index in [1.807, 2.05) is 30.3 Å². The number of para-hydroxylation sites is 1. The molecule has 2 N–H and O–H groups in total. The molecule has 0 aliphatic heterocycles. The van der Waals surface area contributed by atoms with Gasteiger partial charge in [-0.15, -0.1) is 0 Å². The van der Waals surface area contributed by atoms with Gasteiger partial charge in [0.2, 0.25) is 10.0 Å². The van der Waals surface area contributed by atoms with E-state index >= 15 is 0 Å². The van der Waals surface area contributed by atoms with E-state index in [0.29, 0.717) is 11.3 Å². The molecule has 0 aliphatic carbocycles. The van der Waals surface area contributed by atoms with Crippen molar-refractivity contribution < 1.29 is 13.2 Å². The second kappa shape index (κ2) is 7.66. The Hall–Kier alpha value is -3.03. The van der Waals surface area contributed by atoms with Gasteiger partial charge >= 0.3 is 0 Å². The Balaban J connectivity index is 1.65. The Kier molecular flexibility index (Phi) is 5.17. The summed E-state index contributed by atoms with van der Waals surface area (Å²) in [4.78, 5) is 12.7. The van der Waals surface area contributed by atoms with Gasteiger partial charge in [0.1, 0.15) is 0 Å². The van der Waals surface area contributed by atoms with Crippen molar-refractivity contribution in [2.75, 3.05) is 16.3 Å². The van der Waals surface area contributed by atoms with E-state index < -0.39 is 10.0 Å². The van der Waals surface area contributed by atoms with Gasteiger partial charge in [0.25, 0.3) is 5.91 Å². The van der Waals surface area contributed by atoms with E-state index in [4.69, 9.17) is 11.6 Å². The zero-order chi connectivity index (χ0) is 21.5. The highest BCUT2D eigenvalue weighted by molar-refractivity contribution is 7.92. The molecule has 0 fully saturated rings. The summed E-state index contributed by atoms with van der Waals surface area (Å²) in [6.07, 6.45) is 1.04. The number of nitrogens with one attached hydrogen (secondary N) is 2. The molecule has 0 atom stereocenters. The molecule has 1 amide bonds. The minimum Gasteiger partial charge on any atom is -0.341 e. The zero-order valence-corrected chi connectivity index (χ0v) is 18.0. The minimum atomic E-state index is -3.46. The number of anilines is 2. The van der Waals surface area contributed by atoms with Crippen LogP contribution in [0, 0.1) is 0 Å². The number of hydrogen-bond acceptors (Lipinski definition) is 3. The first-order valence-corrected chi connectivity index (χ1v) is 11.6. The lowest BCUT2D eigenvalue weighted by Crippen LogP contribution is -2.13. The number of sulfonamides is 1. The molecule has 0 bridgehead atoms. The first-order valence-electron chi connectivity index (χ1n) is 9.36. The standard InChI is InChI=1S/C22H20ClN3O3S/c1-3-26-20-7-5-4-6-16(20)17-13-15(9-11-21(17)26)24-22(27)14-8-10-19(18(23)12-14)25-30(2,28)29/h4-13,25H,3H2,1-2H3,(H,24,27). The largest absolute Gasteiger partial charge is 0.341 e. The number of fused-ring (bicyclic) bond motifs is 3. The Morgan fingerprint density at radius 1 is 1.00 bits per heavy atom. The van der Waals surface area contributed by atoms with Gasteiger partial charge in [-0.1, -0.05) is 29.8 Å². The molecule has 4 rings (SSSR count). The predicted molar refractivity (Wildman–Crippen MR) is 123 cm³/mol. The molecule has 0 saturated heterocycles. The van der Waals surface area contributed by atoms with Gasteiger partial charge in [0.15, 0.2) is 0 Å². The monoisotopic (exact) mass is 441 g/mol. The molecule has 154 valence electrons. The summed E-state index contributed by atoms with van der Waals surface area (Å²) in [5, 5.41) is 5.23. The Bertz CT molecular complexity index is 1390. The molecular weight excluding hydrogens is 422 g/mol. The second-order valence-corrected chi connectivity index (χ2v) is 9.17. The summed E-state index contributed by atoms with van der Waals surface area (Å²) in [5.74, 6) is -0.332. The number of carbonyl (C=O) groups is 1. The quantitative estimate of drug-likeness (QED) is 0.452. The van der Waals surface area contributed by atoms with Crippen LogP contribution in [-0.4, -0.2) is 25.1 Å². The van der Waals surface area contributed by atoms with Crippen LogP contribution in [-0.2, 0) is 16.6 Å². The molecule has 6 nitrogen and oxygen atoms in total. The summed E-state index contributed by atoms with van der Waals surface area (Å²) in [6.45, 7) is 2.95. The molecule has 1 aromatic heterocycles. The van der Waals surface area contributed by atoms with E-state index in [2.05, 4.69) is 33.7 Å². The maximum absolute atomic E-state index is 12.7. The average Bonchev–Trinajstić information content (AvgIpc) is 3.01. The highest BCUT2D eigenvalue weighted by atomic mass is 35.5. The van der Waals surface area contributed by atoms with Crippen molar-refractivity contribution in [3.8, 4) is 0 Å². The number of benzene rings is 3. The van der Waals surface area contributed by atoms with Crippen molar-refractivity contribution in [1.29, 1.82) is 0 Å². The summed E-state index contributed by atoms with van der Waals surface area (Å²) < 4.78 is 27.3. The van der Waals surface area contributed by atoms with Gasteiger partial charge in [-0.25, -0.2) is 8.42 Å². The molecule has 8 heteroatoms. The highest BCUT2D eigenvalue weighted by Gasteiger charge is 2.13. The Labute approximate surface area is 179 Å². The first-order chi connectivity index (χ1) is 14.3. The predicted octanol–water partition coefficient (Wildman–Crippen LogP) is 5.09. The van der Waals surface area contributed by atoms with Crippen LogP contribution in [0.5, 0.6) is 0 Å². The molecule has 1 heterocycles. The molecule has 0 saturated carbocycles. The third kappa shape index (κ3) is 3.86. The second-order valence-electron chi connectivity index (χ2n) is 7.02. The number of halogens is 1. The number of nitrogens with zero attached hydrogens (tertiary/aromatic N) is 1. The van der Waals surface area contributed by atoms with Gasteiger partial charge in [0.05, 0.1) is 17.0 Å². The number of amides is 1. The van der Waals surface area contributed by atoms with Crippen LogP contribution in [0.3, 0.4) is 0 Å². The van der Waals surface area contributed by atoms with Crippen LogP contribution >= 0.6 is 11.6 Å². The van der Waals surface area contributed by atoms with Crippen molar-refractivity contribution in [3.63, 3.8) is 0 Å². The molecule has 4 aromatic rings. The summed E-state index contributed by atoms with van der Waals surface area (Å²) in [6, 6.07) is 18.4. The fourth-order valence-corrected chi connectivity index (χ4v) is 4.48. The van der Waals surface area contributed by atoms with Crippen LogP contribution in [0.1, 0.15) is 17.3 Å². The molecular formula is C22H20ClN3O3S. The maximum Gasteiger partial charge on any atom is 0.255 e. The highest BCUT2D eigenvalue weighted by Crippen LogP contribution is 2.31. The topological polar surface area (TPSA) is 80.2 Å². The van der Waals surface area contributed by atoms with Crippen molar-refractivity contribution >= 4 is 60.7 Å². The average molecular weight is 442 g/mol. The lowest BCUT2D eigenvalue weighted by Gasteiger charge is -2.10. The van der Waals surface area contributed by atoms with Crippen molar-refractivity contribution in [1.82, 2.24) is 4.57 Å². The van der Waals surface area contributed by atoms with Gasteiger partial charge in [0, 0.05) is 39.6 Å². The molecule has 0 spiro atoms. The van der Waals surface area contributed by atoms with Crippen molar-refractivity contribution in [2.45, 2.75) is 13.5 Å². The number of rotatable bonds is 5. The van der Waals surface area contributed by atoms with Crippen molar-refractivity contribution in [2.24, 2.45) is 0 Å². The van der Waals surface area contributed by atoms with Gasteiger partial charge in [-0.3, -0.25) is 9.52 Å². The lowest BCUT2D eigenvalue weighted by molar-refractivity contribution is 0.102. The molecule has 3 aromatic carbocycles. The molecule has 30 heavy (non-hydrogen) atoms. The summed E-state index contributed by atoms with van der Waals surface area (Å²) in [5.41, 5.74) is 3.48. The molecule has 0 radical (unpaired) electrons. The van der Waals surface area contributed by atoms with Gasteiger partial charge in [-0.2, -0.15) is 0 Å². The third-order valence-electron chi connectivity index (χ3n) is 4.87. The minimum absolute atomic E-state index is 0.148. The van der Waals surface area contributed by atoms with Crippen LogP contribution in [0.15, 0.2) is 60.7 Å². The van der Waals surface area contributed by atoms with E-state index in [1.165, 1.54) is 18.2 Å². The van der Waals surface area contributed by atoms with Crippen LogP contribution < -0.4 is 10.0 Å². The van der Waals surface area contributed by atoms with Gasteiger partial charge in [-0.05, 0) is 49.4 Å². The van der Waals surface area contributed by atoms with Crippen LogP contribution in [0.2, 0.25) is 5.02 Å². The fourth-order valence-electron chi connectivity index (χ4n) is 3.61. The van der Waals surface area contributed by atoms with Crippen molar-refractivity contribution in [3.05, 3.63) is 71.2 Å². The number of hydrogen-bond donors (Lipinski definition) is 2. The Morgan fingerprint density at radius 3 is 2.43 bits per heavy atom. The zero-order valence-electron chi connectivity index (χ0n) is 16.4. The first kappa shape index (κ1) is 20.3. The van der Waals surface area contributed by atoms with E-state index in [0.717, 1.165) is 34.6 Å². The smallest absolute Gasteiger partial charge is 0.255 e. The summed E-state index contributed by atoms with van der Waals surface area (Å²) in [7, 11) is -3.46. The fraction of sp³-hybridized carbons (Fsp3) is 0.136. The van der Waals surface area contributed by atoms with E-state index in [-0.39, 0.29) is 16.6 Å². The number of aryl methyl sites for hydroxylation is 1. The van der Waals surface area contributed by atoms with E-state index in [1.54, 1.807) is 0 Å². The van der Waals surface area contributed by atoms with Gasteiger partial charge < -0.3 is 9.88 Å². The molecule has 0 unspecified atom stereocenters. The normalized spacial score (nSPS) is 11.7. The van der Waals surface area contributed by atoms with Crippen LogP contribution in [0.25, 0.3) is 21.8 Å². The SMILES string of the molecule is CCn1c2ccccc2c2cc(NC(=O)c3ccc(NS(C)(=O)=O)c(Cl)c3)ccc21. The van der Waals surface area contributed by atoms with Crippen LogP contribution in [0.4, 0.5) is 11.4 Å². The molecule has 0 aliphatic rings.